The Morgan fingerprint density at radius 2 is 1.69 bits per heavy atom. The molecule has 3 heterocycles. The van der Waals surface area contributed by atoms with Gasteiger partial charge in [-0.1, -0.05) is 43.7 Å². The molecule has 0 saturated carbocycles. The minimum absolute atomic E-state index is 0.0337. The van der Waals surface area contributed by atoms with Crippen LogP contribution in [0.3, 0.4) is 0 Å². The van der Waals surface area contributed by atoms with Gasteiger partial charge in [-0.15, -0.1) is 0 Å². The Morgan fingerprint density at radius 3 is 2.39 bits per heavy atom. The van der Waals surface area contributed by atoms with Crippen LogP contribution in [-0.4, -0.2) is 51.1 Å². The minimum Gasteiger partial charge on any atom is -0.368 e. The zero-order valence-electron chi connectivity index (χ0n) is 20.4. The molecular weight excluding hydrogens is 457 g/mol. The number of benzene rings is 2. The summed E-state index contributed by atoms with van der Waals surface area (Å²) in [6, 6.07) is 16.3. The summed E-state index contributed by atoms with van der Waals surface area (Å²) < 4.78 is 16.7. The quantitative estimate of drug-likeness (QED) is 0.393. The molecule has 1 amide bonds. The lowest BCUT2D eigenvalue weighted by Crippen LogP contribution is -2.49. The lowest BCUT2D eigenvalue weighted by atomic mass is 10.1. The van der Waals surface area contributed by atoms with Crippen molar-refractivity contribution in [3.63, 3.8) is 0 Å². The summed E-state index contributed by atoms with van der Waals surface area (Å²) in [6.45, 7) is 5.24. The number of hydrogen-bond donors (Lipinski definition) is 0. The van der Waals surface area contributed by atoms with Crippen LogP contribution < -0.4 is 10.5 Å². The number of carbonyl (C=O) groups excluding carboxylic acids is 1. The smallest absolute Gasteiger partial charge is 0.277 e. The summed E-state index contributed by atoms with van der Waals surface area (Å²) in [5, 5.41) is 0. The number of aryl methyl sites for hydroxylation is 1. The normalized spacial score (nSPS) is 13.9. The van der Waals surface area contributed by atoms with Crippen molar-refractivity contribution >= 4 is 22.6 Å². The number of carbonyl (C=O) groups is 1. The SMILES string of the molecule is CCCCn1cnc2c(-c3ccccc3)cn(CC(=O)N3CCN(c4ccc(F)cc4)CC3)c2c1=O. The molecule has 0 aliphatic carbocycles. The summed E-state index contributed by atoms with van der Waals surface area (Å²) in [4.78, 5) is 35.4. The molecule has 0 bridgehead atoms. The molecule has 0 unspecified atom stereocenters. The first-order chi connectivity index (χ1) is 17.5. The highest BCUT2D eigenvalue weighted by molar-refractivity contribution is 5.93. The number of amides is 1. The Morgan fingerprint density at radius 1 is 0.972 bits per heavy atom. The highest BCUT2D eigenvalue weighted by atomic mass is 19.1. The Kier molecular flexibility index (Phi) is 6.84. The van der Waals surface area contributed by atoms with E-state index in [9.17, 15) is 14.0 Å². The van der Waals surface area contributed by atoms with Crippen LogP contribution in [0.1, 0.15) is 19.8 Å². The van der Waals surface area contributed by atoms with Gasteiger partial charge in [-0.25, -0.2) is 9.37 Å². The first kappa shape index (κ1) is 23.8. The van der Waals surface area contributed by atoms with Gasteiger partial charge in [-0.3, -0.25) is 14.2 Å². The Hall–Kier alpha value is -3.94. The average Bonchev–Trinajstić information content (AvgIpc) is 3.28. The Bertz CT molecular complexity index is 1400. The zero-order valence-corrected chi connectivity index (χ0v) is 20.4. The second kappa shape index (κ2) is 10.4. The van der Waals surface area contributed by atoms with Crippen LogP contribution in [0.15, 0.2) is 71.9 Å². The maximum Gasteiger partial charge on any atom is 0.277 e. The Balaban J connectivity index is 1.40. The third-order valence-corrected chi connectivity index (χ3v) is 6.81. The second-order valence-corrected chi connectivity index (χ2v) is 9.17. The molecule has 1 saturated heterocycles. The summed E-state index contributed by atoms with van der Waals surface area (Å²) >= 11 is 0. The van der Waals surface area contributed by atoms with Crippen molar-refractivity contribution in [2.24, 2.45) is 0 Å². The molecule has 7 nitrogen and oxygen atoms in total. The van der Waals surface area contributed by atoms with Gasteiger partial charge in [0.25, 0.3) is 5.56 Å². The van der Waals surface area contributed by atoms with Crippen molar-refractivity contribution in [3.8, 4) is 11.1 Å². The first-order valence-electron chi connectivity index (χ1n) is 12.5. The molecule has 1 aliphatic rings. The number of nitrogens with zero attached hydrogens (tertiary/aromatic N) is 5. The molecule has 0 spiro atoms. The summed E-state index contributed by atoms with van der Waals surface area (Å²) in [6.07, 6.45) is 5.36. The van der Waals surface area contributed by atoms with E-state index in [2.05, 4.69) is 16.8 Å². The Labute approximate surface area is 209 Å². The molecule has 0 N–H and O–H groups in total. The summed E-state index contributed by atoms with van der Waals surface area (Å²) in [7, 11) is 0. The van der Waals surface area contributed by atoms with Crippen molar-refractivity contribution in [1.82, 2.24) is 19.0 Å². The fraction of sp³-hybridized carbons (Fsp3) is 0.321. The van der Waals surface area contributed by atoms with Gasteiger partial charge in [-0.05, 0) is 36.2 Å². The topological polar surface area (TPSA) is 63.4 Å². The third-order valence-electron chi connectivity index (χ3n) is 6.81. The number of unbranched alkanes of at least 4 members (excludes halogenated alkanes) is 1. The number of hydrogen-bond acceptors (Lipinski definition) is 4. The highest BCUT2D eigenvalue weighted by Gasteiger charge is 2.24. The van der Waals surface area contributed by atoms with Gasteiger partial charge >= 0.3 is 0 Å². The molecule has 1 fully saturated rings. The van der Waals surface area contributed by atoms with E-state index < -0.39 is 0 Å². The van der Waals surface area contributed by atoms with Gasteiger partial charge in [0.05, 0.1) is 6.33 Å². The maximum absolute atomic E-state index is 13.4. The number of rotatable bonds is 7. The van der Waals surface area contributed by atoms with Crippen LogP contribution in [-0.2, 0) is 17.9 Å². The van der Waals surface area contributed by atoms with E-state index in [1.807, 2.05) is 41.4 Å². The molecular formula is C28H30FN5O2. The molecule has 36 heavy (non-hydrogen) atoms. The second-order valence-electron chi connectivity index (χ2n) is 9.17. The van der Waals surface area contributed by atoms with Crippen LogP contribution in [0.25, 0.3) is 22.2 Å². The van der Waals surface area contributed by atoms with Crippen molar-refractivity contribution < 1.29 is 9.18 Å². The molecule has 2 aromatic carbocycles. The molecule has 186 valence electrons. The van der Waals surface area contributed by atoms with Crippen LogP contribution >= 0.6 is 0 Å². The van der Waals surface area contributed by atoms with Gasteiger partial charge in [0.2, 0.25) is 5.91 Å². The van der Waals surface area contributed by atoms with Gasteiger partial charge in [0.15, 0.2) is 0 Å². The zero-order chi connectivity index (χ0) is 25.1. The lowest BCUT2D eigenvalue weighted by molar-refractivity contribution is -0.132. The molecule has 1 aliphatic heterocycles. The predicted molar refractivity (Wildman–Crippen MR) is 140 cm³/mol. The first-order valence-corrected chi connectivity index (χ1v) is 12.5. The molecule has 0 atom stereocenters. The number of anilines is 1. The highest BCUT2D eigenvalue weighted by Crippen LogP contribution is 2.28. The predicted octanol–water partition coefficient (Wildman–Crippen LogP) is 4.15. The maximum atomic E-state index is 13.4. The van der Waals surface area contributed by atoms with Crippen LogP contribution in [0.2, 0.25) is 0 Å². The van der Waals surface area contributed by atoms with Gasteiger partial charge < -0.3 is 14.4 Å². The fourth-order valence-corrected chi connectivity index (χ4v) is 4.77. The van der Waals surface area contributed by atoms with Crippen LogP contribution in [0.5, 0.6) is 0 Å². The number of aromatic nitrogens is 3. The number of fused-ring (bicyclic) bond motifs is 1. The van der Waals surface area contributed by atoms with Crippen molar-refractivity contribution in [3.05, 3.63) is 83.3 Å². The molecule has 5 rings (SSSR count). The average molecular weight is 488 g/mol. The van der Waals surface area contributed by atoms with E-state index >= 15 is 0 Å². The van der Waals surface area contributed by atoms with Crippen molar-refractivity contribution in [1.29, 1.82) is 0 Å². The lowest BCUT2D eigenvalue weighted by Gasteiger charge is -2.36. The van der Waals surface area contributed by atoms with E-state index in [0.29, 0.717) is 43.8 Å². The fourth-order valence-electron chi connectivity index (χ4n) is 4.77. The third kappa shape index (κ3) is 4.76. The van der Waals surface area contributed by atoms with Crippen molar-refractivity contribution in [2.45, 2.75) is 32.9 Å². The number of piperazine rings is 1. The standard InChI is InChI=1S/C28H30FN5O2/c1-2-3-13-33-20-30-26-24(21-7-5-4-6-8-21)18-34(27(26)28(33)36)19-25(35)32-16-14-31(15-17-32)23-11-9-22(29)10-12-23/h4-12,18,20H,2-3,13-17,19H2,1H3. The van der Waals surface area contributed by atoms with E-state index in [-0.39, 0.29) is 23.8 Å². The van der Waals surface area contributed by atoms with E-state index in [0.717, 1.165) is 29.7 Å². The monoisotopic (exact) mass is 487 g/mol. The molecule has 8 heteroatoms. The van der Waals surface area contributed by atoms with Gasteiger partial charge in [0, 0.05) is 50.2 Å². The van der Waals surface area contributed by atoms with Crippen molar-refractivity contribution in [2.75, 3.05) is 31.1 Å². The van der Waals surface area contributed by atoms with Gasteiger partial charge in [0.1, 0.15) is 23.4 Å². The van der Waals surface area contributed by atoms with E-state index in [4.69, 9.17) is 0 Å². The largest absolute Gasteiger partial charge is 0.368 e. The molecule has 4 aromatic rings. The summed E-state index contributed by atoms with van der Waals surface area (Å²) in [5.41, 5.74) is 3.72. The molecule has 2 aromatic heterocycles. The van der Waals surface area contributed by atoms with Gasteiger partial charge in [-0.2, -0.15) is 0 Å². The minimum atomic E-state index is -0.260. The molecule has 0 radical (unpaired) electrons. The van der Waals surface area contributed by atoms with E-state index in [1.54, 1.807) is 27.6 Å². The summed E-state index contributed by atoms with van der Waals surface area (Å²) in [5.74, 6) is -0.293. The van der Waals surface area contributed by atoms with Crippen LogP contribution in [0.4, 0.5) is 10.1 Å². The number of halogens is 1. The van der Waals surface area contributed by atoms with E-state index in [1.165, 1.54) is 12.1 Å². The van der Waals surface area contributed by atoms with Crippen LogP contribution in [0, 0.1) is 5.82 Å².